The summed E-state index contributed by atoms with van der Waals surface area (Å²) in [7, 11) is 0. The highest BCUT2D eigenvalue weighted by Crippen LogP contribution is 2.22. The Hall–Kier alpha value is -4.24. The van der Waals surface area contributed by atoms with Crippen molar-refractivity contribution in [1.29, 1.82) is 0 Å². The second-order valence-corrected chi connectivity index (χ2v) is 12.7. The molecule has 3 unspecified atom stereocenters. The summed E-state index contributed by atoms with van der Waals surface area (Å²) in [4.78, 5) is 108. The third-order valence-electron chi connectivity index (χ3n) is 7.44. The Morgan fingerprint density at radius 2 is 1.38 bits per heavy atom. The molecule has 0 aromatic heterocycles. The van der Waals surface area contributed by atoms with Crippen LogP contribution >= 0.6 is 0 Å². The Labute approximate surface area is 261 Å². The van der Waals surface area contributed by atoms with Crippen LogP contribution in [0.25, 0.3) is 0 Å². The van der Waals surface area contributed by atoms with Gasteiger partial charge in [-0.25, -0.2) is 9.59 Å². The van der Waals surface area contributed by atoms with Crippen LogP contribution in [-0.2, 0) is 43.1 Å². The van der Waals surface area contributed by atoms with Gasteiger partial charge in [-0.1, -0.05) is 13.8 Å². The minimum Gasteiger partial charge on any atom is -0.444 e. The van der Waals surface area contributed by atoms with Crippen molar-refractivity contribution in [3.8, 4) is 0 Å². The first-order valence-electron chi connectivity index (χ1n) is 15.3. The molecular weight excluding hydrogens is 592 g/mol. The van der Waals surface area contributed by atoms with E-state index < -0.39 is 77.8 Å². The highest BCUT2D eigenvalue weighted by atomic mass is 16.7. The van der Waals surface area contributed by atoms with E-state index in [1.54, 1.807) is 20.8 Å². The highest BCUT2D eigenvalue weighted by Gasteiger charge is 2.40. The molecule has 3 fully saturated rings. The van der Waals surface area contributed by atoms with Crippen LogP contribution in [0.1, 0.15) is 79.6 Å². The number of hydrogen-bond donors (Lipinski definition) is 3. The summed E-state index contributed by atoms with van der Waals surface area (Å²) in [5.74, 6) is -4.34. The summed E-state index contributed by atoms with van der Waals surface area (Å²) in [6.45, 7) is 8.52. The maximum Gasteiger partial charge on any atom is 0.408 e. The van der Waals surface area contributed by atoms with Crippen LogP contribution in [0.15, 0.2) is 0 Å². The van der Waals surface area contributed by atoms with Crippen LogP contribution < -0.4 is 16.0 Å². The standard InChI is InChI=1S/C29H44N6O10/c1-17(2)14-18(32-26(41)19-8-6-12-33(19)24(39)16-31-28(43)44-29(3,4)5)25(40)30-15-23(38)34-13-7-9-20(34)27(42)45-35-21(36)10-11-22(35)37/h17-20H,6-16H2,1-5H3,(H,30,40)(H,31,43)(H,32,41). The van der Waals surface area contributed by atoms with Crippen molar-refractivity contribution in [1.82, 2.24) is 30.8 Å². The second-order valence-electron chi connectivity index (χ2n) is 12.7. The molecule has 3 atom stereocenters. The van der Waals surface area contributed by atoms with Crippen LogP contribution in [0.2, 0.25) is 0 Å². The molecule has 16 heteroatoms. The first-order valence-corrected chi connectivity index (χ1v) is 15.3. The van der Waals surface area contributed by atoms with Gasteiger partial charge in [0.25, 0.3) is 11.8 Å². The van der Waals surface area contributed by atoms with Gasteiger partial charge in [0.2, 0.25) is 23.6 Å². The van der Waals surface area contributed by atoms with Gasteiger partial charge in [-0.2, -0.15) is 0 Å². The molecule has 3 aliphatic heterocycles. The number of nitrogens with one attached hydrogen (secondary N) is 3. The number of imide groups is 1. The fraction of sp³-hybridized carbons (Fsp3) is 0.724. The fourth-order valence-electron chi connectivity index (χ4n) is 5.38. The van der Waals surface area contributed by atoms with Crippen molar-refractivity contribution >= 4 is 47.5 Å². The molecule has 0 radical (unpaired) electrons. The largest absolute Gasteiger partial charge is 0.444 e. The van der Waals surface area contributed by atoms with Gasteiger partial charge >= 0.3 is 12.1 Å². The SMILES string of the molecule is CC(C)CC(NC(=O)C1CCCN1C(=O)CNC(=O)OC(C)(C)C)C(=O)NCC(=O)N1CCCC1C(=O)ON1C(=O)CCC1=O. The van der Waals surface area contributed by atoms with Crippen LogP contribution in [0.5, 0.6) is 0 Å². The second kappa shape index (κ2) is 15.2. The Kier molecular flexibility index (Phi) is 11.9. The average Bonchev–Trinajstić information content (AvgIpc) is 3.70. The van der Waals surface area contributed by atoms with Crippen molar-refractivity contribution in [3.05, 3.63) is 0 Å². The fourth-order valence-corrected chi connectivity index (χ4v) is 5.38. The minimum atomic E-state index is -1.02. The van der Waals surface area contributed by atoms with Gasteiger partial charge in [-0.15, -0.1) is 5.06 Å². The topological polar surface area (TPSA) is 201 Å². The van der Waals surface area contributed by atoms with Gasteiger partial charge < -0.3 is 35.3 Å². The number of carbonyl (C=O) groups is 8. The molecular formula is C29H44N6O10. The van der Waals surface area contributed by atoms with E-state index in [4.69, 9.17) is 9.57 Å². The lowest BCUT2D eigenvalue weighted by Crippen LogP contribution is -2.55. The van der Waals surface area contributed by atoms with Crippen molar-refractivity contribution in [2.45, 2.75) is 103 Å². The van der Waals surface area contributed by atoms with Crippen molar-refractivity contribution in [2.75, 3.05) is 26.2 Å². The van der Waals surface area contributed by atoms with E-state index in [2.05, 4.69) is 16.0 Å². The van der Waals surface area contributed by atoms with E-state index in [0.717, 1.165) is 0 Å². The molecule has 3 rings (SSSR count). The minimum absolute atomic E-state index is 0.00941. The van der Waals surface area contributed by atoms with E-state index in [1.165, 1.54) is 9.80 Å². The van der Waals surface area contributed by atoms with Crippen LogP contribution in [0.4, 0.5) is 4.79 Å². The average molecular weight is 637 g/mol. The van der Waals surface area contributed by atoms with Gasteiger partial charge in [-0.3, -0.25) is 28.8 Å². The molecule has 3 heterocycles. The Morgan fingerprint density at radius 3 is 1.93 bits per heavy atom. The molecule has 0 bridgehead atoms. The van der Waals surface area contributed by atoms with Crippen LogP contribution in [0.3, 0.4) is 0 Å². The van der Waals surface area contributed by atoms with Crippen LogP contribution in [-0.4, -0.2) is 112 Å². The zero-order valence-corrected chi connectivity index (χ0v) is 26.5. The smallest absolute Gasteiger partial charge is 0.408 e. The third kappa shape index (κ3) is 9.88. The number of alkyl carbamates (subject to hydrolysis) is 1. The normalized spacial score (nSPS) is 20.7. The molecule has 0 aliphatic carbocycles. The number of rotatable bonds is 11. The lowest BCUT2D eigenvalue weighted by molar-refractivity contribution is -0.200. The van der Waals surface area contributed by atoms with Crippen molar-refractivity contribution in [3.63, 3.8) is 0 Å². The number of likely N-dealkylation sites (tertiary alicyclic amines) is 2. The molecule has 250 valence electrons. The summed E-state index contributed by atoms with van der Waals surface area (Å²) in [5.41, 5.74) is -0.738. The third-order valence-corrected chi connectivity index (χ3v) is 7.44. The number of carbonyl (C=O) groups excluding carboxylic acids is 8. The van der Waals surface area contributed by atoms with E-state index in [-0.39, 0.29) is 44.7 Å². The molecule has 3 N–H and O–H groups in total. The lowest BCUT2D eigenvalue weighted by Gasteiger charge is -2.28. The van der Waals surface area contributed by atoms with Crippen molar-refractivity contribution < 1.29 is 47.9 Å². The van der Waals surface area contributed by atoms with E-state index in [0.29, 0.717) is 30.9 Å². The lowest BCUT2D eigenvalue weighted by atomic mass is 10.0. The van der Waals surface area contributed by atoms with Gasteiger partial charge in [0, 0.05) is 25.9 Å². The number of amides is 7. The monoisotopic (exact) mass is 636 g/mol. The molecule has 3 saturated heterocycles. The van der Waals surface area contributed by atoms with Gasteiger partial charge in [0.1, 0.15) is 30.3 Å². The predicted octanol–water partition coefficient (Wildman–Crippen LogP) is -0.253. The molecule has 0 spiro atoms. The summed E-state index contributed by atoms with van der Waals surface area (Å²) in [5, 5.41) is 8.08. The molecule has 0 aromatic carbocycles. The van der Waals surface area contributed by atoms with Gasteiger partial charge in [0.15, 0.2) is 0 Å². The van der Waals surface area contributed by atoms with Gasteiger partial charge in [-0.05, 0) is 58.8 Å². The van der Waals surface area contributed by atoms with E-state index >= 15 is 0 Å². The number of hydroxylamine groups is 2. The molecule has 3 aliphatic rings. The summed E-state index contributed by atoms with van der Waals surface area (Å²) in [6.07, 6.45) is 1.07. The Balaban J connectivity index is 1.55. The van der Waals surface area contributed by atoms with Crippen molar-refractivity contribution in [2.24, 2.45) is 5.92 Å². The van der Waals surface area contributed by atoms with Crippen LogP contribution in [0, 0.1) is 5.92 Å². The molecule has 7 amide bonds. The maximum absolute atomic E-state index is 13.3. The first-order chi connectivity index (χ1) is 21.1. The first kappa shape index (κ1) is 35.2. The number of hydrogen-bond acceptors (Lipinski definition) is 10. The summed E-state index contributed by atoms with van der Waals surface area (Å²) >= 11 is 0. The van der Waals surface area contributed by atoms with E-state index in [9.17, 15) is 38.4 Å². The van der Waals surface area contributed by atoms with E-state index in [1.807, 2.05) is 13.8 Å². The molecule has 16 nitrogen and oxygen atoms in total. The predicted molar refractivity (Wildman–Crippen MR) is 155 cm³/mol. The zero-order chi connectivity index (χ0) is 33.5. The summed E-state index contributed by atoms with van der Waals surface area (Å²) in [6, 6.07) is -2.86. The Morgan fingerprint density at radius 1 is 0.844 bits per heavy atom. The quantitative estimate of drug-likeness (QED) is 0.254. The molecule has 0 saturated carbocycles. The highest BCUT2D eigenvalue weighted by molar-refractivity contribution is 6.02. The maximum atomic E-state index is 13.3. The van der Waals surface area contributed by atoms with Gasteiger partial charge in [0.05, 0.1) is 6.54 Å². The molecule has 45 heavy (non-hydrogen) atoms. The molecule has 0 aromatic rings. The zero-order valence-electron chi connectivity index (χ0n) is 26.5. The Bertz CT molecular complexity index is 1180. The summed E-state index contributed by atoms with van der Waals surface area (Å²) < 4.78 is 5.14. The number of nitrogens with zero attached hydrogens (tertiary/aromatic N) is 3. The number of ether oxygens (including phenoxy) is 1.